The summed E-state index contributed by atoms with van der Waals surface area (Å²) >= 11 is 0. The van der Waals surface area contributed by atoms with Gasteiger partial charge in [-0.25, -0.2) is 0 Å². The van der Waals surface area contributed by atoms with Crippen molar-refractivity contribution in [1.82, 2.24) is 0 Å². The lowest BCUT2D eigenvalue weighted by Crippen LogP contribution is -2.06. The Kier molecular flexibility index (Phi) is 4.23. The normalized spacial score (nSPS) is 12.6. The standard InChI is InChI=1S/C17H20O2/c1-12(2)13-3-5-14(6-4-13)17(11-18)15-7-9-16(19)10-8-15/h3-10,12,17-19H,11H2,1-2H3. The summed E-state index contributed by atoms with van der Waals surface area (Å²) in [5.41, 5.74) is 3.40. The van der Waals surface area contributed by atoms with Crippen LogP contribution in [0.3, 0.4) is 0 Å². The van der Waals surface area contributed by atoms with E-state index in [-0.39, 0.29) is 18.3 Å². The van der Waals surface area contributed by atoms with Crippen LogP contribution in [0.15, 0.2) is 48.5 Å². The molecule has 0 aliphatic heterocycles. The third-order valence-electron chi connectivity index (χ3n) is 3.48. The van der Waals surface area contributed by atoms with Gasteiger partial charge >= 0.3 is 0 Å². The molecule has 0 heterocycles. The van der Waals surface area contributed by atoms with E-state index in [2.05, 4.69) is 38.1 Å². The maximum atomic E-state index is 9.62. The van der Waals surface area contributed by atoms with Gasteiger partial charge in [0.2, 0.25) is 0 Å². The van der Waals surface area contributed by atoms with Crippen molar-refractivity contribution in [2.45, 2.75) is 25.7 Å². The van der Waals surface area contributed by atoms with Crippen LogP contribution in [-0.2, 0) is 0 Å². The van der Waals surface area contributed by atoms with E-state index in [4.69, 9.17) is 0 Å². The van der Waals surface area contributed by atoms with E-state index >= 15 is 0 Å². The number of phenolic OH excluding ortho intramolecular Hbond substituents is 1. The quantitative estimate of drug-likeness (QED) is 0.876. The van der Waals surface area contributed by atoms with Gasteiger partial charge in [-0.2, -0.15) is 0 Å². The molecule has 0 amide bonds. The lowest BCUT2D eigenvalue weighted by molar-refractivity contribution is 0.280. The van der Waals surface area contributed by atoms with E-state index in [0.717, 1.165) is 11.1 Å². The van der Waals surface area contributed by atoms with Gasteiger partial charge in [0.1, 0.15) is 5.75 Å². The topological polar surface area (TPSA) is 40.5 Å². The summed E-state index contributed by atoms with van der Waals surface area (Å²) in [6.45, 7) is 4.39. The molecule has 1 unspecified atom stereocenters. The molecule has 0 aromatic heterocycles. The zero-order valence-electron chi connectivity index (χ0n) is 11.4. The van der Waals surface area contributed by atoms with Gasteiger partial charge in [0.25, 0.3) is 0 Å². The second-order valence-corrected chi connectivity index (χ2v) is 5.15. The Hall–Kier alpha value is -1.80. The fourth-order valence-electron chi connectivity index (χ4n) is 2.22. The minimum Gasteiger partial charge on any atom is -0.508 e. The number of phenols is 1. The van der Waals surface area contributed by atoms with Gasteiger partial charge in [0.05, 0.1) is 6.61 Å². The molecule has 0 spiro atoms. The van der Waals surface area contributed by atoms with Crippen LogP contribution in [-0.4, -0.2) is 16.8 Å². The maximum Gasteiger partial charge on any atom is 0.115 e. The monoisotopic (exact) mass is 256 g/mol. The molecule has 0 bridgehead atoms. The first-order chi connectivity index (χ1) is 9.11. The number of rotatable bonds is 4. The molecule has 0 radical (unpaired) electrons. The lowest BCUT2D eigenvalue weighted by Gasteiger charge is -2.16. The van der Waals surface area contributed by atoms with Crippen LogP contribution < -0.4 is 0 Å². The van der Waals surface area contributed by atoms with Crippen molar-refractivity contribution in [3.05, 3.63) is 65.2 Å². The first-order valence-corrected chi connectivity index (χ1v) is 6.61. The molecule has 2 N–H and O–H groups in total. The summed E-state index contributed by atoms with van der Waals surface area (Å²) in [5.74, 6) is 0.715. The molecule has 100 valence electrons. The van der Waals surface area contributed by atoms with E-state index in [1.165, 1.54) is 5.56 Å². The first kappa shape index (κ1) is 13.6. The molecule has 0 saturated carbocycles. The Bertz CT molecular complexity index is 512. The molecule has 2 rings (SSSR count). The zero-order valence-corrected chi connectivity index (χ0v) is 11.4. The fourth-order valence-corrected chi connectivity index (χ4v) is 2.22. The van der Waals surface area contributed by atoms with Crippen LogP contribution in [0.5, 0.6) is 5.75 Å². The van der Waals surface area contributed by atoms with Gasteiger partial charge in [0.15, 0.2) is 0 Å². The highest BCUT2D eigenvalue weighted by molar-refractivity contribution is 5.37. The zero-order chi connectivity index (χ0) is 13.8. The molecular formula is C17H20O2. The molecule has 0 saturated heterocycles. The van der Waals surface area contributed by atoms with E-state index in [1.54, 1.807) is 12.1 Å². The fraction of sp³-hybridized carbons (Fsp3) is 0.294. The summed E-state index contributed by atoms with van der Waals surface area (Å²) in [6.07, 6.45) is 0. The summed E-state index contributed by atoms with van der Waals surface area (Å²) in [5, 5.41) is 18.9. The number of aliphatic hydroxyl groups excluding tert-OH is 1. The Morgan fingerprint density at radius 3 is 1.63 bits per heavy atom. The highest BCUT2D eigenvalue weighted by atomic mass is 16.3. The van der Waals surface area contributed by atoms with Crippen LogP contribution in [0.4, 0.5) is 0 Å². The molecule has 0 aliphatic carbocycles. The van der Waals surface area contributed by atoms with Gasteiger partial charge in [-0.3, -0.25) is 0 Å². The predicted octanol–water partition coefficient (Wildman–Crippen LogP) is 3.64. The van der Waals surface area contributed by atoms with Crippen molar-refractivity contribution in [3.63, 3.8) is 0 Å². The van der Waals surface area contributed by atoms with E-state index in [9.17, 15) is 10.2 Å². The second-order valence-electron chi connectivity index (χ2n) is 5.15. The van der Waals surface area contributed by atoms with Crippen LogP contribution >= 0.6 is 0 Å². The van der Waals surface area contributed by atoms with Crippen LogP contribution in [0.25, 0.3) is 0 Å². The number of aromatic hydroxyl groups is 1. The van der Waals surface area contributed by atoms with Crippen molar-refractivity contribution < 1.29 is 10.2 Å². The van der Waals surface area contributed by atoms with Crippen LogP contribution in [0.1, 0.15) is 42.4 Å². The van der Waals surface area contributed by atoms with Gasteiger partial charge in [-0.05, 0) is 34.7 Å². The number of hydrogen-bond acceptors (Lipinski definition) is 2. The van der Waals surface area contributed by atoms with E-state index < -0.39 is 0 Å². The highest BCUT2D eigenvalue weighted by Gasteiger charge is 2.13. The van der Waals surface area contributed by atoms with Crippen molar-refractivity contribution in [3.8, 4) is 5.75 Å². The third-order valence-corrected chi connectivity index (χ3v) is 3.48. The third kappa shape index (κ3) is 3.15. The summed E-state index contributed by atoms with van der Waals surface area (Å²) < 4.78 is 0. The molecule has 2 aromatic carbocycles. The summed E-state index contributed by atoms with van der Waals surface area (Å²) in [4.78, 5) is 0. The van der Waals surface area contributed by atoms with Crippen LogP contribution in [0.2, 0.25) is 0 Å². The van der Waals surface area contributed by atoms with Gasteiger partial charge in [-0.15, -0.1) is 0 Å². The SMILES string of the molecule is CC(C)c1ccc(C(CO)c2ccc(O)cc2)cc1. The Morgan fingerprint density at radius 1 is 0.789 bits per heavy atom. The first-order valence-electron chi connectivity index (χ1n) is 6.61. The molecule has 2 aromatic rings. The van der Waals surface area contributed by atoms with E-state index in [0.29, 0.717) is 5.92 Å². The lowest BCUT2D eigenvalue weighted by atomic mass is 9.90. The van der Waals surface area contributed by atoms with Crippen molar-refractivity contribution in [1.29, 1.82) is 0 Å². The summed E-state index contributed by atoms with van der Waals surface area (Å²) in [7, 11) is 0. The Morgan fingerprint density at radius 2 is 1.21 bits per heavy atom. The molecule has 0 fully saturated rings. The van der Waals surface area contributed by atoms with Crippen molar-refractivity contribution >= 4 is 0 Å². The van der Waals surface area contributed by atoms with Gasteiger partial charge in [0, 0.05) is 5.92 Å². The van der Waals surface area contributed by atoms with Gasteiger partial charge < -0.3 is 10.2 Å². The number of aliphatic hydroxyl groups is 1. The minimum absolute atomic E-state index is 0.0400. The van der Waals surface area contributed by atoms with Gasteiger partial charge in [-0.1, -0.05) is 50.2 Å². The molecule has 2 nitrogen and oxygen atoms in total. The molecular weight excluding hydrogens is 236 g/mol. The van der Waals surface area contributed by atoms with Crippen LogP contribution in [0, 0.1) is 0 Å². The average Bonchev–Trinajstić information content (AvgIpc) is 2.42. The Labute approximate surface area is 114 Å². The largest absolute Gasteiger partial charge is 0.508 e. The number of hydrogen-bond donors (Lipinski definition) is 2. The molecule has 0 aliphatic rings. The predicted molar refractivity (Wildman–Crippen MR) is 77.6 cm³/mol. The van der Waals surface area contributed by atoms with Crippen molar-refractivity contribution in [2.24, 2.45) is 0 Å². The molecule has 19 heavy (non-hydrogen) atoms. The van der Waals surface area contributed by atoms with Crippen molar-refractivity contribution in [2.75, 3.05) is 6.61 Å². The smallest absolute Gasteiger partial charge is 0.115 e. The molecule has 1 atom stereocenters. The van der Waals surface area contributed by atoms with E-state index in [1.807, 2.05) is 12.1 Å². The average molecular weight is 256 g/mol. The summed E-state index contributed by atoms with van der Waals surface area (Å²) in [6, 6.07) is 15.4. The number of benzene rings is 2. The molecule has 2 heteroatoms. The minimum atomic E-state index is -0.0400. The highest BCUT2D eigenvalue weighted by Crippen LogP contribution is 2.27. The second kappa shape index (κ2) is 5.89. The Balaban J connectivity index is 2.28. The maximum absolute atomic E-state index is 9.62.